The molecule has 3 rings (SSSR count). The van der Waals surface area contributed by atoms with Crippen molar-refractivity contribution < 1.29 is 8.42 Å². The summed E-state index contributed by atoms with van der Waals surface area (Å²) < 4.78 is 27.6. The molecule has 0 saturated carbocycles. The third-order valence-corrected chi connectivity index (χ3v) is 4.53. The predicted molar refractivity (Wildman–Crippen MR) is 56.2 cm³/mol. The quantitative estimate of drug-likeness (QED) is 0.757. The summed E-state index contributed by atoms with van der Waals surface area (Å²) >= 11 is 0. The minimum Gasteiger partial charge on any atom is -0.315 e. The van der Waals surface area contributed by atoms with Gasteiger partial charge in [0.1, 0.15) is 17.0 Å². The summed E-state index contributed by atoms with van der Waals surface area (Å²) in [7, 11) is -3.48. The zero-order chi connectivity index (χ0) is 11.9. The molecule has 0 bridgehead atoms. The Kier molecular flexibility index (Phi) is 2.23. The summed E-state index contributed by atoms with van der Waals surface area (Å²) in [6.45, 7) is 1.23. The van der Waals surface area contributed by atoms with Gasteiger partial charge in [-0.1, -0.05) is 0 Å². The van der Waals surface area contributed by atoms with E-state index in [4.69, 9.17) is 0 Å². The van der Waals surface area contributed by atoms with Crippen LogP contribution in [0.5, 0.6) is 0 Å². The van der Waals surface area contributed by atoms with E-state index in [9.17, 15) is 8.42 Å². The molecule has 8 nitrogen and oxygen atoms in total. The molecule has 0 atom stereocenters. The van der Waals surface area contributed by atoms with Crippen LogP contribution in [0.2, 0.25) is 0 Å². The lowest BCUT2D eigenvalue weighted by molar-refractivity contribution is 0.335. The van der Waals surface area contributed by atoms with E-state index in [2.05, 4.69) is 20.4 Å². The van der Waals surface area contributed by atoms with Crippen molar-refractivity contribution in [3.05, 3.63) is 24.5 Å². The van der Waals surface area contributed by atoms with Crippen molar-refractivity contribution in [1.29, 1.82) is 0 Å². The minimum atomic E-state index is -3.48. The lowest BCUT2D eigenvalue weighted by Gasteiger charge is -2.25. The molecule has 1 aliphatic rings. The van der Waals surface area contributed by atoms with Gasteiger partial charge in [0.15, 0.2) is 0 Å². The second-order valence-corrected chi connectivity index (χ2v) is 5.65. The number of hydrogen-bond donors (Lipinski definition) is 1. The minimum absolute atomic E-state index is 0.172. The highest BCUT2D eigenvalue weighted by Gasteiger charge is 2.29. The molecule has 17 heavy (non-hydrogen) atoms. The Bertz CT molecular complexity index is 616. The number of aromatic amines is 1. The Morgan fingerprint density at radius 2 is 2.24 bits per heavy atom. The van der Waals surface area contributed by atoms with Gasteiger partial charge < -0.3 is 4.57 Å². The number of rotatable bonds is 2. The van der Waals surface area contributed by atoms with Gasteiger partial charge in [-0.25, -0.2) is 8.42 Å². The Labute approximate surface area is 97.3 Å². The zero-order valence-corrected chi connectivity index (χ0v) is 9.63. The summed E-state index contributed by atoms with van der Waals surface area (Å²) in [4.78, 5) is 0.172. The van der Waals surface area contributed by atoms with E-state index < -0.39 is 10.0 Å². The Balaban J connectivity index is 1.93. The maximum Gasteiger partial charge on any atom is 0.246 e. The van der Waals surface area contributed by atoms with E-state index in [0.717, 1.165) is 0 Å². The van der Waals surface area contributed by atoms with Crippen LogP contribution in [0.4, 0.5) is 0 Å². The molecule has 0 radical (unpaired) electrons. The molecule has 0 aliphatic carbocycles. The Morgan fingerprint density at radius 3 is 3.00 bits per heavy atom. The zero-order valence-electron chi connectivity index (χ0n) is 8.81. The second-order valence-electron chi connectivity index (χ2n) is 3.71. The number of nitrogens with zero attached hydrogens (tertiary/aromatic N) is 5. The summed E-state index contributed by atoms with van der Waals surface area (Å²) in [6.07, 6.45) is 4.28. The molecule has 1 N–H and O–H groups in total. The molecule has 0 aromatic carbocycles. The molecule has 2 aromatic heterocycles. The highest BCUT2D eigenvalue weighted by atomic mass is 32.2. The van der Waals surface area contributed by atoms with Crippen molar-refractivity contribution in [2.24, 2.45) is 0 Å². The maximum atomic E-state index is 12.2. The van der Waals surface area contributed by atoms with E-state index >= 15 is 0 Å². The second kappa shape index (κ2) is 3.64. The molecular formula is C8H10N6O2S. The number of sulfonamides is 1. The Hall–Kier alpha value is -1.74. The van der Waals surface area contributed by atoms with Gasteiger partial charge in [-0.3, -0.25) is 5.10 Å². The van der Waals surface area contributed by atoms with E-state index in [-0.39, 0.29) is 11.4 Å². The van der Waals surface area contributed by atoms with Crippen LogP contribution in [0.3, 0.4) is 0 Å². The Morgan fingerprint density at radius 1 is 1.35 bits per heavy atom. The molecule has 9 heteroatoms. The van der Waals surface area contributed by atoms with E-state index in [1.54, 1.807) is 6.33 Å². The smallest absolute Gasteiger partial charge is 0.246 e. The van der Waals surface area contributed by atoms with E-state index in [1.807, 2.05) is 4.57 Å². The number of H-pyrrole nitrogens is 1. The third kappa shape index (κ3) is 1.63. The molecule has 2 aromatic rings. The van der Waals surface area contributed by atoms with Gasteiger partial charge in [0.2, 0.25) is 10.0 Å². The van der Waals surface area contributed by atoms with Gasteiger partial charge in [0.25, 0.3) is 0 Å². The van der Waals surface area contributed by atoms with E-state index in [1.165, 1.54) is 16.7 Å². The summed E-state index contributed by atoms with van der Waals surface area (Å²) in [5, 5.41) is 13.8. The van der Waals surface area contributed by atoms with Crippen molar-refractivity contribution in [2.75, 3.05) is 6.54 Å². The van der Waals surface area contributed by atoms with Crippen LogP contribution in [-0.4, -0.2) is 44.2 Å². The van der Waals surface area contributed by atoms with Crippen molar-refractivity contribution in [2.45, 2.75) is 18.0 Å². The van der Waals surface area contributed by atoms with Crippen molar-refractivity contribution in [1.82, 2.24) is 29.3 Å². The lowest BCUT2D eigenvalue weighted by Crippen LogP contribution is -2.38. The van der Waals surface area contributed by atoms with Gasteiger partial charge in [0.05, 0.1) is 12.7 Å². The molecule has 3 heterocycles. The molecule has 0 fully saturated rings. The number of hydrogen-bond acceptors (Lipinski definition) is 5. The van der Waals surface area contributed by atoms with Crippen LogP contribution in [0.15, 0.2) is 23.6 Å². The standard InChI is InChI=1S/C8H10N6O2S/c15-17(16,7-3-9-10-4-7)14-2-1-13-6-11-12-8(13)5-14/h3-4,6H,1-2,5H2,(H,9,10). The first kappa shape index (κ1) is 10.4. The van der Waals surface area contributed by atoms with Gasteiger partial charge >= 0.3 is 0 Å². The molecule has 0 spiro atoms. The van der Waals surface area contributed by atoms with Gasteiger partial charge in [-0.05, 0) is 0 Å². The number of fused-ring (bicyclic) bond motifs is 1. The van der Waals surface area contributed by atoms with Crippen molar-refractivity contribution >= 4 is 10.0 Å². The van der Waals surface area contributed by atoms with Crippen LogP contribution in [-0.2, 0) is 23.1 Å². The van der Waals surface area contributed by atoms with Crippen LogP contribution >= 0.6 is 0 Å². The lowest BCUT2D eigenvalue weighted by atomic mass is 10.4. The first-order chi connectivity index (χ1) is 8.18. The molecule has 0 amide bonds. The average Bonchev–Trinajstić information content (AvgIpc) is 2.99. The highest BCUT2D eigenvalue weighted by Crippen LogP contribution is 2.19. The van der Waals surface area contributed by atoms with Gasteiger partial charge in [0, 0.05) is 19.3 Å². The van der Waals surface area contributed by atoms with Crippen LogP contribution < -0.4 is 0 Å². The van der Waals surface area contributed by atoms with Gasteiger partial charge in [-0.15, -0.1) is 10.2 Å². The molecule has 0 unspecified atom stereocenters. The first-order valence-corrected chi connectivity index (χ1v) is 6.47. The fourth-order valence-corrected chi connectivity index (χ4v) is 3.07. The summed E-state index contributed by atoms with van der Waals surface area (Å²) in [5.74, 6) is 0.656. The topological polar surface area (TPSA) is 96.8 Å². The normalized spacial score (nSPS) is 16.9. The third-order valence-electron chi connectivity index (χ3n) is 2.71. The maximum absolute atomic E-state index is 12.2. The number of nitrogens with one attached hydrogen (secondary N) is 1. The molecule has 1 aliphatic heterocycles. The van der Waals surface area contributed by atoms with E-state index in [0.29, 0.717) is 18.9 Å². The summed E-state index contributed by atoms with van der Waals surface area (Å²) in [5.41, 5.74) is 0. The van der Waals surface area contributed by atoms with Crippen LogP contribution in [0.25, 0.3) is 0 Å². The molecule has 90 valence electrons. The predicted octanol–water partition coefficient (Wildman–Crippen LogP) is -0.794. The largest absolute Gasteiger partial charge is 0.315 e. The summed E-state index contributed by atoms with van der Waals surface area (Å²) in [6, 6.07) is 0. The molecular weight excluding hydrogens is 244 g/mol. The highest BCUT2D eigenvalue weighted by molar-refractivity contribution is 7.89. The SMILES string of the molecule is O=S(=O)(c1cn[nH]c1)N1CCn2cnnc2C1. The van der Waals surface area contributed by atoms with Crippen molar-refractivity contribution in [3.63, 3.8) is 0 Å². The monoisotopic (exact) mass is 254 g/mol. The first-order valence-electron chi connectivity index (χ1n) is 5.03. The van der Waals surface area contributed by atoms with Crippen LogP contribution in [0.1, 0.15) is 5.82 Å². The molecule has 0 saturated heterocycles. The van der Waals surface area contributed by atoms with Crippen molar-refractivity contribution in [3.8, 4) is 0 Å². The fraction of sp³-hybridized carbons (Fsp3) is 0.375. The average molecular weight is 254 g/mol. The number of aromatic nitrogens is 5. The van der Waals surface area contributed by atoms with Gasteiger partial charge in [-0.2, -0.15) is 9.40 Å². The fourth-order valence-electron chi connectivity index (χ4n) is 1.78. The van der Waals surface area contributed by atoms with Crippen LogP contribution in [0, 0.1) is 0 Å².